The first kappa shape index (κ1) is 14.5. The molecule has 0 spiro atoms. The number of rotatable bonds is 3. The molecule has 0 amide bonds. The monoisotopic (exact) mass is 357 g/mol. The molecule has 0 unspecified atom stereocenters. The molecule has 110 valence electrons. The van der Waals surface area contributed by atoms with Crippen molar-refractivity contribution in [2.45, 2.75) is 18.0 Å². The molecule has 3 rings (SSSR count). The van der Waals surface area contributed by atoms with Crippen molar-refractivity contribution in [3.8, 4) is 0 Å². The van der Waals surface area contributed by atoms with Gasteiger partial charge in [0.1, 0.15) is 0 Å². The zero-order chi connectivity index (χ0) is 14.9. The first-order valence-electron chi connectivity index (χ1n) is 6.69. The van der Waals surface area contributed by atoms with E-state index in [0.717, 1.165) is 30.8 Å². The third-order valence-electron chi connectivity index (χ3n) is 3.49. The molecule has 0 aromatic heterocycles. The number of fused-ring (bicyclic) bond motifs is 1. The summed E-state index contributed by atoms with van der Waals surface area (Å²) in [5.74, 6) is 0. The molecule has 0 fully saturated rings. The van der Waals surface area contributed by atoms with E-state index >= 15 is 0 Å². The Hall–Kier alpha value is -1.45. The molecule has 0 aliphatic carbocycles. The summed E-state index contributed by atoms with van der Waals surface area (Å²) in [6.45, 7) is 1.67. The molecule has 1 aliphatic rings. The van der Waals surface area contributed by atoms with Gasteiger partial charge in [-0.3, -0.25) is 0 Å². The van der Waals surface area contributed by atoms with Crippen LogP contribution in [-0.4, -0.2) is 26.6 Å². The van der Waals surface area contributed by atoms with Crippen LogP contribution >= 0.6 is 0 Å². The maximum atomic E-state index is 12.5. The summed E-state index contributed by atoms with van der Waals surface area (Å²) in [4.78, 5) is 2.23. The molecule has 0 N–H and O–H groups in total. The summed E-state index contributed by atoms with van der Waals surface area (Å²) in [6.07, 6.45) is 0.823. The Morgan fingerprint density at radius 1 is 1.05 bits per heavy atom. The summed E-state index contributed by atoms with van der Waals surface area (Å²) < 4.78 is 37.8. The van der Waals surface area contributed by atoms with Crippen molar-refractivity contribution in [1.29, 1.82) is 0 Å². The molecule has 1 nitrogen and oxygen atoms in total. The van der Waals surface area contributed by atoms with Crippen LogP contribution in [0.5, 0.6) is 0 Å². The first-order valence-corrected chi connectivity index (χ1v) is 8.40. The average molecular weight is 356 g/mol. The topological polar surface area (TPSA) is 3.24 Å². The van der Waals surface area contributed by atoms with Crippen molar-refractivity contribution in [2.75, 3.05) is 11.4 Å². The van der Waals surface area contributed by atoms with E-state index in [4.69, 9.17) is 0 Å². The minimum absolute atomic E-state index is 0.412. The fraction of sp³-hybridized carbons (Fsp3) is 0.250. The number of halogens is 3. The van der Waals surface area contributed by atoms with Crippen LogP contribution < -0.4 is 9.36 Å². The van der Waals surface area contributed by atoms with E-state index in [1.165, 1.54) is 5.56 Å². The van der Waals surface area contributed by atoms with Crippen molar-refractivity contribution in [2.24, 2.45) is 0 Å². The Bertz CT molecular complexity index is 625. The minimum atomic E-state index is -4.08. The predicted molar refractivity (Wildman–Crippen MR) is 79.1 cm³/mol. The summed E-state index contributed by atoms with van der Waals surface area (Å²) in [7, 11) is 0. The fourth-order valence-electron chi connectivity index (χ4n) is 2.61. The Morgan fingerprint density at radius 3 is 2.52 bits per heavy atom. The van der Waals surface area contributed by atoms with E-state index in [2.05, 4.69) is 17.0 Å². The van der Waals surface area contributed by atoms with Gasteiger partial charge in [-0.2, -0.15) is 0 Å². The van der Waals surface area contributed by atoms with Gasteiger partial charge < -0.3 is 0 Å². The molecule has 2 aromatic carbocycles. The van der Waals surface area contributed by atoms with E-state index in [9.17, 15) is 13.2 Å². The second-order valence-electron chi connectivity index (χ2n) is 5.00. The van der Waals surface area contributed by atoms with Crippen LogP contribution in [0.15, 0.2) is 48.5 Å². The molecule has 1 aliphatic heterocycles. The van der Waals surface area contributed by atoms with Crippen molar-refractivity contribution < 1.29 is 13.2 Å². The summed E-state index contributed by atoms with van der Waals surface area (Å²) in [6, 6.07) is 15.3. The molecule has 0 saturated heterocycles. The van der Waals surface area contributed by atoms with Crippen LogP contribution in [0.2, 0.25) is 0 Å². The molecule has 1 heterocycles. The standard InChI is InChI=1S/C16H14F3NSe/c17-16(18,19)21-14-6-7-15-13(10-14)8-9-20(15)11-12-4-2-1-3-5-12/h1-7,10H,8-9,11H2. The van der Waals surface area contributed by atoms with Gasteiger partial charge in [-0.05, 0) is 0 Å². The summed E-state index contributed by atoms with van der Waals surface area (Å²) in [5, 5.41) is -4.08. The Kier molecular flexibility index (Phi) is 3.96. The van der Waals surface area contributed by atoms with Crippen LogP contribution in [0, 0.1) is 0 Å². The zero-order valence-electron chi connectivity index (χ0n) is 11.2. The van der Waals surface area contributed by atoms with Gasteiger partial charge in [0.15, 0.2) is 0 Å². The normalized spacial score (nSPS) is 14.3. The van der Waals surface area contributed by atoms with Crippen LogP contribution in [0.1, 0.15) is 11.1 Å². The van der Waals surface area contributed by atoms with Crippen molar-refractivity contribution >= 4 is 25.1 Å². The van der Waals surface area contributed by atoms with Gasteiger partial charge in [0.2, 0.25) is 0 Å². The van der Waals surface area contributed by atoms with Gasteiger partial charge in [-0.15, -0.1) is 0 Å². The SMILES string of the molecule is FC(F)(F)[Se]c1ccc2c(c1)CCN2Cc1ccccc1. The zero-order valence-corrected chi connectivity index (χ0v) is 12.9. The molecule has 2 aromatic rings. The summed E-state index contributed by atoms with van der Waals surface area (Å²) in [5.41, 5.74) is 3.32. The molecule has 5 heteroatoms. The summed E-state index contributed by atoms with van der Waals surface area (Å²) >= 11 is -1.45. The number of anilines is 1. The van der Waals surface area contributed by atoms with E-state index in [1.54, 1.807) is 12.1 Å². The van der Waals surface area contributed by atoms with Gasteiger partial charge in [-0.1, -0.05) is 0 Å². The molecule has 0 atom stereocenters. The van der Waals surface area contributed by atoms with Crippen LogP contribution in [-0.2, 0) is 13.0 Å². The van der Waals surface area contributed by atoms with Crippen molar-refractivity contribution in [1.82, 2.24) is 0 Å². The van der Waals surface area contributed by atoms with Crippen LogP contribution in [0.4, 0.5) is 18.9 Å². The fourth-order valence-corrected chi connectivity index (χ4v) is 3.88. The number of hydrogen-bond donors (Lipinski definition) is 0. The second-order valence-corrected chi connectivity index (χ2v) is 7.38. The predicted octanol–water partition coefficient (Wildman–Crippen LogP) is 3.10. The van der Waals surface area contributed by atoms with Gasteiger partial charge in [0.25, 0.3) is 0 Å². The van der Waals surface area contributed by atoms with E-state index in [-0.39, 0.29) is 0 Å². The third-order valence-corrected chi connectivity index (χ3v) is 5.01. The molecule has 0 radical (unpaired) electrons. The molecular formula is C16H14F3NSe. The molecule has 21 heavy (non-hydrogen) atoms. The Labute approximate surface area is 127 Å². The molecule has 0 bridgehead atoms. The third kappa shape index (κ3) is 3.60. The molecular weight excluding hydrogens is 342 g/mol. The number of benzene rings is 2. The molecule has 0 saturated carbocycles. The second kappa shape index (κ2) is 5.74. The van der Waals surface area contributed by atoms with Gasteiger partial charge in [-0.25, -0.2) is 0 Å². The van der Waals surface area contributed by atoms with Crippen molar-refractivity contribution in [3.05, 3.63) is 59.7 Å². The quantitative estimate of drug-likeness (QED) is 0.764. The first-order chi connectivity index (χ1) is 10.0. The van der Waals surface area contributed by atoms with E-state index in [1.807, 2.05) is 24.3 Å². The van der Waals surface area contributed by atoms with E-state index in [0.29, 0.717) is 4.46 Å². The van der Waals surface area contributed by atoms with Gasteiger partial charge in [0.05, 0.1) is 0 Å². The number of nitrogens with zero attached hydrogens (tertiary/aromatic N) is 1. The van der Waals surface area contributed by atoms with Gasteiger partial charge in [0, 0.05) is 0 Å². The Morgan fingerprint density at radius 2 is 1.81 bits per heavy atom. The van der Waals surface area contributed by atoms with Crippen LogP contribution in [0.25, 0.3) is 0 Å². The average Bonchev–Trinajstić information content (AvgIpc) is 2.81. The van der Waals surface area contributed by atoms with Gasteiger partial charge >= 0.3 is 127 Å². The Balaban J connectivity index is 1.77. The van der Waals surface area contributed by atoms with Crippen molar-refractivity contribution in [3.63, 3.8) is 0 Å². The van der Waals surface area contributed by atoms with E-state index < -0.39 is 20.0 Å². The number of alkyl halides is 3. The van der Waals surface area contributed by atoms with Crippen LogP contribution in [0.3, 0.4) is 0 Å². The maximum absolute atomic E-state index is 12.5. The number of hydrogen-bond acceptors (Lipinski definition) is 1.